The molecule has 5 heteroatoms. The van der Waals surface area contributed by atoms with E-state index in [-0.39, 0.29) is 24.4 Å². The van der Waals surface area contributed by atoms with Crippen molar-refractivity contribution in [3.63, 3.8) is 0 Å². The molecule has 1 atom stereocenters. The van der Waals surface area contributed by atoms with Crippen LogP contribution in [0.3, 0.4) is 0 Å². The van der Waals surface area contributed by atoms with Gasteiger partial charge in [0.05, 0.1) is 11.6 Å². The van der Waals surface area contributed by atoms with Crippen molar-refractivity contribution >= 4 is 35.8 Å². The summed E-state index contributed by atoms with van der Waals surface area (Å²) in [6.07, 6.45) is 3.08. The third-order valence-corrected chi connectivity index (χ3v) is 5.36. The van der Waals surface area contributed by atoms with Gasteiger partial charge in [-0.3, -0.25) is 4.79 Å². The van der Waals surface area contributed by atoms with E-state index >= 15 is 0 Å². The molecule has 3 rings (SSSR count). The summed E-state index contributed by atoms with van der Waals surface area (Å²) in [4.78, 5) is 13.9. The zero-order valence-electron chi connectivity index (χ0n) is 14.6. The number of benzene rings is 2. The normalized spacial score (nSPS) is 16.0. The molecule has 0 aliphatic heterocycles. The number of nitrogens with one attached hydrogen (secondary N) is 1. The maximum absolute atomic E-state index is 12.8. The summed E-state index contributed by atoms with van der Waals surface area (Å²) in [7, 11) is 0. The molecule has 1 aliphatic rings. The number of thioether (sulfide) groups is 1. The number of fused-ring (bicyclic) bond motifs is 1. The molecule has 1 amide bonds. The topological polar surface area (TPSA) is 55.1 Å². The molecule has 25 heavy (non-hydrogen) atoms. The van der Waals surface area contributed by atoms with Gasteiger partial charge in [-0.1, -0.05) is 32.0 Å². The maximum Gasteiger partial charge on any atom is 0.252 e. The number of aryl methyl sites for hydroxylation is 1. The molecule has 2 aromatic carbocycles. The van der Waals surface area contributed by atoms with Crippen LogP contribution in [-0.2, 0) is 6.42 Å². The van der Waals surface area contributed by atoms with E-state index in [1.807, 2.05) is 36.4 Å². The van der Waals surface area contributed by atoms with Crippen LogP contribution in [-0.4, -0.2) is 11.2 Å². The summed E-state index contributed by atoms with van der Waals surface area (Å²) in [6.45, 7) is 4.28. The lowest BCUT2D eigenvalue weighted by atomic mass is 9.87. The second kappa shape index (κ2) is 8.63. The molecule has 0 spiro atoms. The van der Waals surface area contributed by atoms with E-state index < -0.39 is 0 Å². The van der Waals surface area contributed by atoms with Crippen LogP contribution in [0.25, 0.3) is 0 Å². The fourth-order valence-electron chi connectivity index (χ4n) is 3.23. The van der Waals surface area contributed by atoms with Gasteiger partial charge >= 0.3 is 0 Å². The molecule has 0 radical (unpaired) electrons. The first kappa shape index (κ1) is 19.7. The molecule has 1 aliphatic carbocycles. The number of amides is 1. The Labute approximate surface area is 160 Å². The van der Waals surface area contributed by atoms with Crippen molar-refractivity contribution in [2.45, 2.75) is 49.3 Å². The first-order valence-electron chi connectivity index (χ1n) is 8.49. The Bertz CT molecular complexity index is 748. The molecule has 0 heterocycles. The Morgan fingerprint density at radius 2 is 2.00 bits per heavy atom. The Morgan fingerprint density at radius 3 is 2.76 bits per heavy atom. The van der Waals surface area contributed by atoms with Crippen LogP contribution in [0.15, 0.2) is 47.4 Å². The van der Waals surface area contributed by atoms with Crippen molar-refractivity contribution in [2.75, 3.05) is 5.73 Å². The molecule has 134 valence electrons. The summed E-state index contributed by atoms with van der Waals surface area (Å²) in [5, 5.41) is 3.67. The van der Waals surface area contributed by atoms with Gasteiger partial charge in [-0.2, -0.15) is 0 Å². The van der Waals surface area contributed by atoms with Gasteiger partial charge in [0.2, 0.25) is 0 Å². The highest BCUT2D eigenvalue weighted by molar-refractivity contribution is 8.00. The Kier molecular flexibility index (Phi) is 6.79. The predicted molar refractivity (Wildman–Crippen MR) is 109 cm³/mol. The van der Waals surface area contributed by atoms with Gasteiger partial charge in [-0.05, 0) is 54.7 Å². The number of carbonyl (C=O) groups is 1. The zero-order valence-corrected chi connectivity index (χ0v) is 16.3. The Morgan fingerprint density at radius 1 is 1.24 bits per heavy atom. The van der Waals surface area contributed by atoms with Gasteiger partial charge in [-0.15, -0.1) is 24.2 Å². The van der Waals surface area contributed by atoms with Gasteiger partial charge in [-0.25, -0.2) is 0 Å². The number of anilines is 1. The van der Waals surface area contributed by atoms with Crippen molar-refractivity contribution in [2.24, 2.45) is 0 Å². The fourth-order valence-corrected chi connectivity index (χ4v) is 4.18. The minimum atomic E-state index is 0. The quantitative estimate of drug-likeness (QED) is 0.583. The summed E-state index contributed by atoms with van der Waals surface area (Å²) in [5.74, 6) is 0.00780. The van der Waals surface area contributed by atoms with Crippen molar-refractivity contribution in [3.8, 4) is 0 Å². The van der Waals surface area contributed by atoms with Gasteiger partial charge < -0.3 is 11.1 Å². The number of hydrogen-bond donors (Lipinski definition) is 2. The highest BCUT2D eigenvalue weighted by atomic mass is 35.5. The van der Waals surface area contributed by atoms with E-state index in [1.54, 1.807) is 11.8 Å². The lowest BCUT2D eigenvalue weighted by Gasteiger charge is -2.27. The first-order valence-corrected chi connectivity index (χ1v) is 9.37. The monoisotopic (exact) mass is 376 g/mol. The predicted octanol–water partition coefficient (Wildman–Crippen LogP) is 5.00. The van der Waals surface area contributed by atoms with E-state index in [0.717, 1.165) is 35.4 Å². The molecule has 3 N–H and O–H groups in total. The molecule has 2 aromatic rings. The molecule has 1 unspecified atom stereocenters. The minimum absolute atomic E-state index is 0. The Hall–Kier alpha value is -1.65. The molecule has 0 bridgehead atoms. The molecular weight excluding hydrogens is 352 g/mol. The zero-order chi connectivity index (χ0) is 17.1. The highest BCUT2D eigenvalue weighted by Gasteiger charge is 2.23. The molecule has 0 fully saturated rings. The van der Waals surface area contributed by atoms with Gasteiger partial charge in [0.25, 0.3) is 5.91 Å². The van der Waals surface area contributed by atoms with Crippen LogP contribution in [0.2, 0.25) is 0 Å². The number of halogens is 1. The summed E-state index contributed by atoms with van der Waals surface area (Å²) < 4.78 is 0. The molecule has 3 nitrogen and oxygen atoms in total. The molecule has 0 aromatic heterocycles. The number of hydrogen-bond acceptors (Lipinski definition) is 3. The molecular formula is C20H25ClN2OS. The van der Waals surface area contributed by atoms with Crippen LogP contribution >= 0.6 is 24.2 Å². The lowest BCUT2D eigenvalue weighted by Crippen LogP contribution is -2.31. The third-order valence-electron chi connectivity index (χ3n) is 4.28. The second-order valence-corrected chi connectivity index (χ2v) is 8.16. The van der Waals surface area contributed by atoms with Crippen molar-refractivity contribution in [3.05, 3.63) is 59.2 Å². The van der Waals surface area contributed by atoms with E-state index in [9.17, 15) is 4.79 Å². The van der Waals surface area contributed by atoms with Crippen molar-refractivity contribution in [1.82, 2.24) is 5.32 Å². The van der Waals surface area contributed by atoms with E-state index in [0.29, 0.717) is 5.25 Å². The van der Waals surface area contributed by atoms with Gasteiger partial charge in [0, 0.05) is 15.8 Å². The summed E-state index contributed by atoms with van der Waals surface area (Å²) >= 11 is 1.73. The molecule has 0 saturated heterocycles. The fraction of sp³-hybridized carbons (Fsp3) is 0.350. The number of nitrogen functional groups attached to an aromatic ring is 1. The van der Waals surface area contributed by atoms with Gasteiger partial charge in [0.1, 0.15) is 0 Å². The third kappa shape index (κ3) is 4.71. The van der Waals surface area contributed by atoms with Crippen LogP contribution < -0.4 is 11.1 Å². The second-order valence-electron chi connectivity index (χ2n) is 6.54. The van der Waals surface area contributed by atoms with Gasteiger partial charge in [0.15, 0.2) is 0 Å². The van der Waals surface area contributed by atoms with Crippen molar-refractivity contribution in [1.29, 1.82) is 0 Å². The minimum Gasteiger partial charge on any atom is -0.399 e. The average molecular weight is 377 g/mol. The van der Waals surface area contributed by atoms with E-state index in [1.165, 1.54) is 11.1 Å². The summed E-state index contributed by atoms with van der Waals surface area (Å²) in [5.41, 5.74) is 9.92. The summed E-state index contributed by atoms with van der Waals surface area (Å²) in [6, 6.07) is 13.9. The first-order chi connectivity index (χ1) is 11.5. The number of carbonyl (C=O) groups excluding carboxylic acids is 1. The number of rotatable bonds is 4. The Balaban J connectivity index is 0.00000225. The van der Waals surface area contributed by atoms with Crippen LogP contribution in [0.5, 0.6) is 0 Å². The standard InChI is InChI=1S/C20H24N2OS.ClH/c1-13(2)24-19-9-4-3-7-17(19)20(23)22-18-8-5-6-14-12-15(21)10-11-16(14)18;/h3-4,7,9-13,18H,5-6,8,21H2,1-2H3,(H,22,23);1H. The van der Waals surface area contributed by atoms with E-state index in [4.69, 9.17) is 5.73 Å². The largest absolute Gasteiger partial charge is 0.399 e. The van der Waals surface area contributed by atoms with Crippen LogP contribution in [0.1, 0.15) is 54.2 Å². The van der Waals surface area contributed by atoms with Crippen molar-refractivity contribution < 1.29 is 4.79 Å². The molecule has 0 saturated carbocycles. The number of nitrogens with two attached hydrogens (primary N) is 1. The van der Waals surface area contributed by atoms with Crippen LogP contribution in [0.4, 0.5) is 5.69 Å². The smallest absolute Gasteiger partial charge is 0.252 e. The maximum atomic E-state index is 12.8. The average Bonchev–Trinajstić information content (AvgIpc) is 2.54. The van der Waals surface area contributed by atoms with Crippen LogP contribution in [0, 0.1) is 0 Å². The lowest BCUT2D eigenvalue weighted by molar-refractivity contribution is 0.0930. The highest BCUT2D eigenvalue weighted by Crippen LogP contribution is 2.32. The SMILES string of the molecule is CC(C)Sc1ccccc1C(=O)NC1CCCc2cc(N)ccc21.Cl. The van der Waals surface area contributed by atoms with E-state index in [2.05, 4.69) is 25.2 Å².